The molecule has 0 spiro atoms. The van der Waals surface area contributed by atoms with E-state index >= 15 is 0 Å². The average Bonchev–Trinajstić information content (AvgIpc) is 3.59. The third-order valence-electron chi connectivity index (χ3n) is 12.4. The summed E-state index contributed by atoms with van der Waals surface area (Å²) in [5, 5.41) is 13.1. The van der Waals surface area contributed by atoms with Crippen LogP contribution in [-0.4, -0.2) is 63.1 Å². The normalized spacial score (nSPS) is 20.2. The van der Waals surface area contributed by atoms with Crippen LogP contribution in [0.5, 0.6) is 17.2 Å². The van der Waals surface area contributed by atoms with Gasteiger partial charge in [-0.15, -0.1) is 0 Å². The van der Waals surface area contributed by atoms with Gasteiger partial charge in [-0.1, -0.05) is 56.2 Å². The lowest BCUT2D eigenvalue weighted by molar-refractivity contribution is -0.142. The van der Waals surface area contributed by atoms with Crippen LogP contribution in [0.3, 0.4) is 0 Å². The SMILES string of the molecule is Cc1nc(C(=O)N2Cc3cc4c(cc3C[C@H]2C(=O)NC(Cc2ccc(-c3ccnc(C)c3C)cc2)C(=O)O)OC[C@H](c2ccc(OCC3CCC(C)CC3)cc2)O4)c(C)o1. The zero-order valence-electron chi connectivity index (χ0n) is 34.8. The Labute approximate surface area is 350 Å². The number of aromatic nitrogens is 2. The van der Waals surface area contributed by atoms with E-state index in [9.17, 15) is 19.5 Å². The Hall–Kier alpha value is -6.17. The second-order valence-corrected chi connectivity index (χ2v) is 16.7. The Morgan fingerprint density at radius 1 is 0.933 bits per heavy atom. The molecular formula is C48H52N4O8. The number of nitrogens with zero attached hydrogens (tertiary/aromatic N) is 3. The maximum atomic E-state index is 14.2. The fraction of sp³-hybridized carbons (Fsp3) is 0.396. The number of aryl methyl sites for hydroxylation is 3. The Kier molecular flexibility index (Phi) is 11.6. The van der Waals surface area contributed by atoms with Crippen molar-refractivity contribution in [1.29, 1.82) is 0 Å². The standard InChI is InChI=1S/C48H52N4O8/c1-27-6-8-33(9-7-27)25-57-38-16-14-35(15-17-38)44-26-58-42-22-36-21-41(52(24-37(36)23-43(42)60-44)47(54)45-30(4)59-31(5)50-45)46(53)51-40(48(55)56)20-32-10-12-34(13-11-32)39-18-19-49-29(3)28(39)2/h10-19,22-23,27,33,40-41,44H,6-9,20-21,24-26H2,1-5H3,(H,51,53)(H,55,56)/t27?,33?,40?,41-,44+/m0/s1. The van der Waals surface area contributed by atoms with Crippen LogP contribution in [0.25, 0.3) is 11.1 Å². The molecule has 0 bridgehead atoms. The fourth-order valence-electron chi connectivity index (χ4n) is 8.59. The summed E-state index contributed by atoms with van der Waals surface area (Å²) in [6.07, 6.45) is 6.52. The number of oxazole rings is 1. The zero-order valence-corrected chi connectivity index (χ0v) is 34.8. The second kappa shape index (κ2) is 17.2. The Morgan fingerprint density at radius 2 is 1.67 bits per heavy atom. The fourth-order valence-corrected chi connectivity index (χ4v) is 8.59. The lowest BCUT2D eigenvalue weighted by Gasteiger charge is -2.37. The van der Waals surface area contributed by atoms with Crippen LogP contribution in [0.15, 0.2) is 77.3 Å². The van der Waals surface area contributed by atoms with E-state index in [-0.39, 0.29) is 37.8 Å². The number of nitrogens with one attached hydrogen (secondary N) is 1. The van der Waals surface area contributed by atoms with Crippen molar-refractivity contribution >= 4 is 17.8 Å². The molecular weight excluding hydrogens is 761 g/mol. The molecule has 2 N–H and O–H groups in total. The summed E-state index contributed by atoms with van der Waals surface area (Å²) in [7, 11) is 0. The van der Waals surface area contributed by atoms with Crippen LogP contribution >= 0.6 is 0 Å². The summed E-state index contributed by atoms with van der Waals surface area (Å²) in [6, 6.07) is 19.0. The minimum absolute atomic E-state index is 0.0457. The van der Waals surface area contributed by atoms with Crippen LogP contribution in [0.4, 0.5) is 0 Å². The molecule has 2 aliphatic heterocycles. The largest absolute Gasteiger partial charge is 0.493 e. The van der Waals surface area contributed by atoms with Gasteiger partial charge in [0.2, 0.25) is 5.91 Å². The van der Waals surface area contributed by atoms with Crippen molar-refractivity contribution in [2.24, 2.45) is 11.8 Å². The molecule has 1 fully saturated rings. The molecule has 3 atom stereocenters. The molecule has 2 amide bonds. The summed E-state index contributed by atoms with van der Waals surface area (Å²) in [5.74, 6) is 1.70. The number of carbonyl (C=O) groups excluding carboxylic acids is 2. The first-order valence-corrected chi connectivity index (χ1v) is 20.9. The minimum atomic E-state index is -1.25. The molecule has 60 heavy (non-hydrogen) atoms. The molecule has 12 nitrogen and oxygen atoms in total. The highest BCUT2D eigenvalue weighted by molar-refractivity contribution is 5.98. The van der Waals surface area contributed by atoms with Crippen LogP contribution < -0.4 is 19.5 Å². The van der Waals surface area contributed by atoms with Gasteiger partial charge in [-0.2, -0.15) is 0 Å². The Morgan fingerprint density at radius 3 is 2.37 bits per heavy atom. The molecule has 3 aromatic carbocycles. The molecule has 312 valence electrons. The summed E-state index contributed by atoms with van der Waals surface area (Å²) >= 11 is 0. The van der Waals surface area contributed by atoms with Crippen LogP contribution in [0.1, 0.15) is 94.4 Å². The monoisotopic (exact) mass is 812 g/mol. The summed E-state index contributed by atoms with van der Waals surface area (Å²) in [6.45, 7) is 10.7. The highest BCUT2D eigenvalue weighted by Gasteiger charge is 2.39. The van der Waals surface area contributed by atoms with Gasteiger partial charge in [0, 0.05) is 38.2 Å². The highest BCUT2D eigenvalue weighted by atomic mass is 16.6. The lowest BCUT2D eigenvalue weighted by atomic mass is 9.83. The summed E-state index contributed by atoms with van der Waals surface area (Å²) < 4.78 is 24.5. The predicted octanol–water partition coefficient (Wildman–Crippen LogP) is 8.07. The third kappa shape index (κ3) is 8.73. The number of carbonyl (C=O) groups is 3. The van der Waals surface area contributed by atoms with Gasteiger partial charge in [-0.05, 0) is 115 Å². The van der Waals surface area contributed by atoms with Gasteiger partial charge in [0.05, 0.1) is 6.61 Å². The number of pyridine rings is 1. The zero-order chi connectivity index (χ0) is 42.1. The van der Waals surface area contributed by atoms with Crippen molar-refractivity contribution in [3.63, 3.8) is 0 Å². The second-order valence-electron chi connectivity index (χ2n) is 16.7. The van der Waals surface area contributed by atoms with Crippen molar-refractivity contribution in [3.8, 4) is 28.4 Å². The number of fused-ring (bicyclic) bond motifs is 2. The van der Waals surface area contributed by atoms with Crippen LogP contribution in [0.2, 0.25) is 0 Å². The molecule has 0 radical (unpaired) electrons. The molecule has 2 aromatic heterocycles. The van der Waals surface area contributed by atoms with Gasteiger partial charge >= 0.3 is 5.97 Å². The van der Waals surface area contributed by atoms with Gasteiger partial charge in [-0.25, -0.2) is 9.78 Å². The summed E-state index contributed by atoms with van der Waals surface area (Å²) in [4.78, 5) is 51.2. The first-order chi connectivity index (χ1) is 28.9. The molecule has 1 saturated carbocycles. The van der Waals surface area contributed by atoms with Crippen molar-refractivity contribution in [2.45, 2.75) is 97.9 Å². The molecule has 4 heterocycles. The summed E-state index contributed by atoms with van der Waals surface area (Å²) in [5.41, 5.74) is 7.40. The van der Waals surface area contributed by atoms with E-state index in [0.717, 1.165) is 62.9 Å². The number of carboxylic acid groups (broad SMARTS) is 1. The van der Waals surface area contributed by atoms with E-state index in [1.807, 2.05) is 80.6 Å². The smallest absolute Gasteiger partial charge is 0.326 e. The van der Waals surface area contributed by atoms with E-state index in [1.54, 1.807) is 20.0 Å². The van der Waals surface area contributed by atoms with Crippen molar-refractivity contribution in [2.75, 3.05) is 13.2 Å². The van der Waals surface area contributed by atoms with Crippen LogP contribution in [0, 0.1) is 39.5 Å². The maximum Gasteiger partial charge on any atom is 0.326 e. The van der Waals surface area contributed by atoms with Gasteiger partial charge in [0.15, 0.2) is 29.2 Å². The molecule has 8 rings (SSSR count). The highest BCUT2D eigenvalue weighted by Crippen LogP contribution is 2.41. The molecule has 1 aliphatic carbocycles. The van der Waals surface area contributed by atoms with Crippen molar-refractivity contribution < 1.29 is 38.1 Å². The number of amides is 2. The quantitative estimate of drug-likeness (QED) is 0.134. The lowest BCUT2D eigenvalue weighted by Crippen LogP contribution is -2.56. The predicted molar refractivity (Wildman–Crippen MR) is 224 cm³/mol. The molecule has 12 heteroatoms. The average molecular weight is 813 g/mol. The van der Waals surface area contributed by atoms with E-state index in [2.05, 4.69) is 22.2 Å². The first-order valence-electron chi connectivity index (χ1n) is 20.9. The van der Waals surface area contributed by atoms with Crippen LogP contribution in [-0.2, 0) is 29.0 Å². The van der Waals surface area contributed by atoms with Gasteiger partial charge < -0.3 is 34.0 Å². The molecule has 5 aromatic rings. The van der Waals surface area contributed by atoms with Gasteiger partial charge in [0.25, 0.3) is 5.91 Å². The van der Waals surface area contributed by atoms with Gasteiger partial charge in [-0.3, -0.25) is 14.6 Å². The van der Waals surface area contributed by atoms with E-state index in [4.69, 9.17) is 18.6 Å². The number of carboxylic acids is 1. The minimum Gasteiger partial charge on any atom is -0.493 e. The topological polar surface area (TPSA) is 153 Å². The van der Waals surface area contributed by atoms with Crippen molar-refractivity contribution in [3.05, 3.63) is 124 Å². The maximum absolute atomic E-state index is 14.2. The third-order valence-corrected chi connectivity index (χ3v) is 12.4. The van der Waals surface area contributed by atoms with E-state index < -0.39 is 29.9 Å². The molecule has 3 aliphatic rings. The number of hydrogen-bond donors (Lipinski definition) is 2. The van der Waals surface area contributed by atoms with Crippen molar-refractivity contribution in [1.82, 2.24) is 20.2 Å². The number of aliphatic carboxylic acids is 1. The Bertz CT molecular complexity index is 2380. The van der Waals surface area contributed by atoms with E-state index in [0.29, 0.717) is 29.1 Å². The number of rotatable bonds is 11. The first kappa shape index (κ1) is 40.6. The number of hydrogen-bond acceptors (Lipinski definition) is 9. The Balaban J connectivity index is 0.985. The molecule has 0 saturated heterocycles. The van der Waals surface area contributed by atoms with E-state index in [1.165, 1.54) is 30.6 Å². The number of ether oxygens (including phenoxy) is 3. The van der Waals surface area contributed by atoms with Gasteiger partial charge in [0.1, 0.15) is 30.2 Å². The molecule has 1 unspecified atom stereocenters. The number of benzene rings is 3.